The summed E-state index contributed by atoms with van der Waals surface area (Å²) < 4.78 is 0. The summed E-state index contributed by atoms with van der Waals surface area (Å²) in [5.74, 6) is 1.24. The average Bonchev–Trinajstić information content (AvgIpc) is 3.46. The van der Waals surface area contributed by atoms with Crippen molar-refractivity contribution >= 4 is 46.6 Å². The van der Waals surface area contributed by atoms with E-state index in [-0.39, 0.29) is 23.1 Å². The number of aromatic hydroxyl groups is 1. The van der Waals surface area contributed by atoms with E-state index in [9.17, 15) is 9.90 Å². The van der Waals surface area contributed by atoms with Gasteiger partial charge in [0, 0.05) is 43.2 Å². The van der Waals surface area contributed by atoms with Gasteiger partial charge in [-0.2, -0.15) is 0 Å². The first kappa shape index (κ1) is 32.0. The first-order chi connectivity index (χ1) is 22.0. The number of fused-ring (bicyclic) bond motifs is 1. The van der Waals surface area contributed by atoms with Crippen molar-refractivity contribution in [2.45, 2.75) is 74.6 Å². The van der Waals surface area contributed by atoms with Gasteiger partial charge in [-0.1, -0.05) is 67.5 Å². The maximum Gasteiger partial charge on any atom is 0.258 e. The van der Waals surface area contributed by atoms with Crippen LogP contribution in [0.15, 0.2) is 70.7 Å². The molecule has 0 spiro atoms. The van der Waals surface area contributed by atoms with Crippen molar-refractivity contribution in [1.82, 2.24) is 14.9 Å². The summed E-state index contributed by atoms with van der Waals surface area (Å²) in [7, 11) is 0. The lowest BCUT2D eigenvalue weighted by Gasteiger charge is -2.37. The Hall–Kier alpha value is -3.99. The summed E-state index contributed by atoms with van der Waals surface area (Å²) in [6, 6.07) is 17.4. The van der Waals surface area contributed by atoms with Crippen LogP contribution < -0.4 is 21.7 Å². The molecule has 3 heterocycles. The molecule has 1 aromatic heterocycles. The molecular formula is C35H40ClN7O2S. The summed E-state index contributed by atoms with van der Waals surface area (Å²) >= 11 is 8.24. The zero-order valence-electron chi connectivity index (χ0n) is 26.4. The lowest BCUT2D eigenvalue weighted by atomic mass is 9.91. The summed E-state index contributed by atoms with van der Waals surface area (Å²) in [4.78, 5) is 27.4. The minimum atomic E-state index is -0.164. The first-order valence-corrected chi connectivity index (χ1v) is 16.8. The number of carbonyl (C=O) groups is 1. The molecule has 0 unspecified atom stereocenters. The van der Waals surface area contributed by atoms with Gasteiger partial charge in [-0.25, -0.2) is 9.97 Å². The maximum atomic E-state index is 13.4. The number of benzene rings is 3. The van der Waals surface area contributed by atoms with E-state index in [1.807, 2.05) is 24.3 Å². The molecule has 1 fully saturated rings. The zero-order valence-corrected chi connectivity index (χ0v) is 28.0. The van der Waals surface area contributed by atoms with Crippen LogP contribution in [0.4, 0.5) is 17.3 Å². The maximum absolute atomic E-state index is 13.4. The molecular weight excluding hydrogens is 618 g/mol. The number of piperidine rings is 1. The van der Waals surface area contributed by atoms with Crippen LogP contribution in [0.3, 0.4) is 0 Å². The Morgan fingerprint density at radius 1 is 1.11 bits per heavy atom. The van der Waals surface area contributed by atoms with Gasteiger partial charge >= 0.3 is 0 Å². The van der Waals surface area contributed by atoms with Gasteiger partial charge in [0.05, 0.1) is 22.5 Å². The van der Waals surface area contributed by atoms with E-state index in [0.717, 1.165) is 64.6 Å². The molecule has 1 saturated heterocycles. The summed E-state index contributed by atoms with van der Waals surface area (Å²) in [5.41, 5.74) is 17.9. The molecule has 0 aliphatic carbocycles. The van der Waals surface area contributed by atoms with Crippen LogP contribution in [-0.2, 0) is 19.6 Å². The van der Waals surface area contributed by atoms with Crippen LogP contribution in [0, 0.1) is 0 Å². The fourth-order valence-electron chi connectivity index (χ4n) is 5.84. The number of anilines is 3. The number of phenolic OH excluding ortho intramolecular Hbond substituents is 1. The predicted octanol–water partition coefficient (Wildman–Crippen LogP) is 6.78. The number of amides is 1. The number of halogens is 1. The molecule has 11 heteroatoms. The third-order valence-electron chi connectivity index (χ3n) is 8.83. The molecule has 6 N–H and O–H groups in total. The monoisotopic (exact) mass is 657 g/mol. The summed E-state index contributed by atoms with van der Waals surface area (Å²) in [6.45, 7) is 9.43. The van der Waals surface area contributed by atoms with Gasteiger partial charge in [0.15, 0.2) is 5.82 Å². The Morgan fingerprint density at radius 3 is 2.61 bits per heavy atom. The first-order valence-electron chi connectivity index (χ1n) is 15.6. The number of nitrogen functional groups attached to an aromatic ring is 1. The normalized spacial score (nSPS) is 15.7. The second-order valence-electron chi connectivity index (χ2n) is 12.8. The number of nitrogens with zero attached hydrogens (tertiary/aromatic N) is 4. The molecule has 0 atom stereocenters. The molecule has 2 aliphatic rings. The van der Waals surface area contributed by atoms with Crippen molar-refractivity contribution in [2.75, 3.05) is 29.0 Å². The Labute approximate surface area is 279 Å². The highest BCUT2D eigenvalue weighted by atomic mass is 35.5. The van der Waals surface area contributed by atoms with E-state index < -0.39 is 0 Å². The number of carbonyl (C=O) groups excluding carboxylic acids is 1. The minimum absolute atomic E-state index is 0.0110. The standard InChI is InChI=1S/C35H40ClN7O2S/c1-21(2)23-9-10-28(44)26(16-23)34(45)43-19-24-8-7-22(15-25(24)20-43)17-39-27-5-4-6-29(31(27)36)46-33-32(37)41-30(18-40-33)42-13-11-35(3,38)12-14-42/h4-10,15-16,18,21,39,44H,11-14,17,19-20,38H2,1-3H3,(H2,37,41). The molecule has 2 aliphatic heterocycles. The second kappa shape index (κ2) is 13.0. The van der Waals surface area contributed by atoms with Crippen molar-refractivity contribution in [2.24, 2.45) is 5.73 Å². The highest BCUT2D eigenvalue weighted by molar-refractivity contribution is 7.99. The smallest absolute Gasteiger partial charge is 0.258 e. The van der Waals surface area contributed by atoms with Crippen molar-refractivity contribution in [3.05, 3.63) is 93.6 Å². The summed E-state index contributed by atoms with van der Waals surface area (Å²) in [6.07, 6.45) is 3.55. The van der Waals surface area contributed by atoms with E-state index in [1.54, 1.807) is 23.2 Å². The van der Waals surface area contributed by atoms with Gasteiger partial charge in [0.1, 0.15) is 16.6 Å². The topological polar surface area (TPSA) is 134 Å². The van der Waals surface area contributed by atoms with Crippen LogP contribution in [0.25, 0.3) is 0 Å². The van der Waals surface area contributed by atoms with E-state index in [2.05, 4.69) is 59.2 Å². The Balaban J connectivity index is 1.09. The van der Waals surface area contributed by atoms with Crippen LogP contribution in [0.2, 0.25) is 5.02 Å². The zero-order chi connectivity index (χ0) is 32.6. The SMILES string of the molecule is CC(C)c1ccc(O)c(C(=O)N2Cc3ccc(CNc4cccc(Sc5ncc(N6CCC(C)(N)CC6)nc5N)c4Cl)cc3C2)c1. The van der Waals surface area contributed by atoms with Gasteiger partial charge in [-0.15, -0.1) is 0 Å². The molecule has 3 aromatic carbocycles. The molecule has 9 nitrogen and oxygen atoms in total. The van der Waals surface area contributed by atoms with Crippen LogP contribution in [0.5, 0.6) is 5.75 Å². The fourth-order valence-corrected chi connectivity index (χ4v) is 6.96. The lowest BCUT2D eigenvalue weighted by molar-refractivity contribution is 0.0748. The highest BCUT2D eigenvalue weighted by Crippen LogP contribution is 2.39. The molecule has 0 saturated carbocycles. The van der Waals surface area contributed by atoms with Crippen LogP contribution in [-0.4, -0.2) is 44.5 Å². The molecule has 4 aromatic rings. The number of aromatic nitrogens is 2. The van der Waals surface area contributed by atoms with E-state index in [4.69, 9.17) is 23.1 Å². The number of hydrogen-bond donors (Lipinski definition) is 4. The molecule has 0 bridgehead atoms. The highest BCUT2D eigenvalue weighted by Gasteiger charge is 2.28. The number of nitrogens with two attached hydrogens (primary N) is 2. The number of phenols is 1. The third-order valence-corrected chi connectivity index (χ3v) is 10.4. The van der Waals surface area contributed by atoms with Gasteiger partial charge < -0.3 is 31.7 Å². The quantitative estimate of drug-likeness (QED) is 0.162. The van der Waals surface area contributed by atoms with Crippen LogP contribution in [0.1, 0.15) is 72.1 Å². The van der Waals surface area contributed by atoms with Crippen molar-refractivity contribution < 1.29 is 9.90 Å². The van der Waals surface area contributed by atoms with Gasteiger partial charge in [-0.3, -0.25) is 4.79 Å². The van der Waals surface area contributed by atoms with E-state index in [0.29, 0.717) is 41.1 Å². The van der Waals surface area contributed by atoms with Gasteiger partial charge in [0.25, 0.3) is 5.91 Å². The molecule has 1 amide bonds. The Bertz CT molecular complexity index is 1770. The molecule has 6 rings (SSSR count). The summed E-state index contributed by atoms with van der Waals surface area (Å²) in [5, 5.41) is 15.1. The number of nitrogens with one attached hydrogen (secondary N) is 1. The van der Waals surface area contributed by atoms with Gasteiger partial charge in [-0.05, 0) is 72.2 Å². The fraction of sp³-hybridized carbons (Fsp3) is 0.343. The van der Waals surface area contributed by atoms with E-state index in [1.165, 1.54) is 11.8 Å². The van der Waals surface area contributed by atoms with Crippen LogP contribution >= 0.6 is 23.4 Å². The minimum Gasteiger partial charge on any atom is -0.507 e. The van der Waals surface area contributed by atoms with Crippen molar-refractivity contribution in [3.8, 4) is 5.75 Å². The van der Waals surface area contributed by atoms with Crippen molar-refractivity contribution in [1.29, 1.82) is 0 Å². The van der Waals surface area contributed by atoms with Crippen molar-refractivity contribution in [3.63, 3.8) is 0 Å². The Kier molecular flexibility index (Phi) is 9.05. The number of rotatable bonds is 8. The Morgan fingerprint density at radius 2 is 1.87 bits per heavy atom. The largest absolute Gasteiger partial charge is 0.507 e. The molecule has 0 radical (unpaired) electrons. The second-order valence-corrected chi connectivity index (χ2v) is 14.2. The lowest BCUT2D eigenvalue weighted by Crippen LogP contribution is -2.48. The average molecular weight is 658 g/mol. The molecule has 240 valence electrons. The predicted molar refractivity (Wildman–Crippen MR) is 186 cm³/mol. The van der Waals surface area contributed by atoms with Gasteiger partial charge in [0.2, 0.25) is 0 Å². The number of hydrogen-bond acceptors (Lipinski definition) is 9. The third kappa shape index (κ3) is 6.89. The van der Waals surface area contributed by atoms with E-state index >= 15 is 0 Å². The molecule has 46 heavy (non-hydrogen) atoms.